The normalized spacial score (nSPS) is 19.8. The molecule has 1 aromatic carbocycles. The highest BCUT2D eigenvalue weighted by atomic mass is 16.5. The van der Waals surface area contributed by atoms with Crippen molar-refractivity contribution < 1.29 is 14.3 Å². The van der Waals surface area contributed by atoms with Crippen LogP contribution in [-0.2, 0) is 11.2 Å². The third kappa shape index (κ3) is 2.86. The number of benzene rings is 1. The molecule has 2 aliphatic heterocycles. The van der Waals surface area contributed by atoms with Gasteiger partial charge in [0.1, 0.15) is 18.1 Å². The van der Waals surface area contributed by atoms with Gasteiger partial charge in [-0.1, -0.05) is 0 Å². The number of likely N-dealkylation sites (tertiary alicyclic amines) is 1. The zero-order valence-corrected chi connectivity index (χ0v) is 14.9. The molecule has 132 valence electrons. The zero-order valence-electron chi connectivity index (χ0n) is 14.9. The first-order valence-electron chi connectivity index (χ1n) is 8.66. The standard InChI is InChI=1S/C19H23N3O3/c1-12-6-13(2)22(20-12)16-9-21(10-16)19(23)15-7-14-8-17(24-3)4-5-18(14)25-11-15/h4-6,8,15-16H,7,9-11H2,1-3H3. The minimum atomic E-state index is -0.124. The van der Waals surface area contributed by atoms with Gasteiger partial charge in [-0.2, -0.15) is 5.10 Å². The summed E-state index contributed by atoms with van der Waals surface area (Å²) in [4.78, 5) is 14.7. The molecule has 0 spiro atoms. The lowest BCUT2D eigenvalue weighted by molar-refractivity contribution is -0.143. The number of hydrogen-bond donors (Lipinski definition) is 0. The Morgan fingerprint density at radius 1 is 1.28 bits per heavy atom. The van der Waals surface area contributed by atoms with Crippen molar-refractivity contribution in [3.8, 4) is 11.5 Å². The monoisotopic (exact) mass is 341 g/mol. The number of hydrogen-bond acceptors (Lipinski definition) is 4. The van der Waals surface area contributed by atoms with Crippen LogP contribution >= 0.6 is 0 Å². The van der Waals surface area contributed by atoms with Crippen molar-refractivity contribution in [2.45, 2.75) is 26.3 Å². The summed E-state index contributed by atoms with van der Waals surface area (Å²) in [5.41, 5.74) is 3.21. The van der Waals surface area contributed by atoms with Gasteiger partial charge in [-0.15, -0.1) is 0 Å². The lowest BCUT2D eigenvalue weighted by Crippen LogP contribution is -2.54. The Balaban J connectivity index is 1.40. The molecule has 2 aliphatic rings. The number of fused-ring (bicyclic) bond motifs is 1. The Morgan fingerprint density at radius 3 is 2.76 bits per heavy atom. The summed E-state index contributed by atoms with van der Waals surface area (Å²) >= 11 is 0. The van der Waals surface area contributed by atoms with E-state index in [4.69, 9.17) is 9.47 Å². The Hall–Kier alpha value is -2.50. The Morgan fingerprint density at radius 2 is 2.08 bits per heavy atom. The fourth-order valence-electron chi connectivity index (χ4n) is 3.72. The number of rotatable bonds is 3. The molecule has 6 nitrogen and oxygen atoms in total. The first-order chi connectivity index (χ1) is 12.0. The van der Waals surface area contributed by atoms with E-state index in [1.807, 2.05) is 34.7 Å². The summed E-state index contributed by atoms with van der Waals surface area (Å²) in [6.45, 7) is 5.95. The van der Waals surface area contributed by atoms with E-state index in [1.54, 1.807) is 7.11 Å². The predicted molar refractivity (Wildman–Crippen MR) is 93.0 cm³/mol. The van der Waals surface area contributed by atoms with Crippen LogP contribution in [0.15, 0.2) is 24.3 Å². The first-order valence-corrected chi connectivity index (χ1v) is 8.66. The van der Waals surface area contributed by atoms with Gasteiger partial charge in [0.2, 0.25) is 5.91 Å². The average molecular weight is 341 g/mol. The Kier molecular flexibility index (Phi) is 3.90. The van der Waals surface area contributed by atoms with Gasteiger partial charge in [0.15, 0.2) is 0 Å². The summed E-state index contributed by atoms with van der Waals surface area (Å²) in [5, 5.41) is 4.53. The smallest absolute Gasteiger partial charge is 0.229 e. The van der Waals surface area contributed by atoms with Gasteiger partial charge < -0.3 is 14.4 Å². The minimum Gasteiger partial charge on any atom is -0.497 e. The summed E-state index contributed by atoms with van der Waals surface area (Å²) in [5.74, 6) is 1.70. The van der Waals surface area contributed by atoms with Crippen molar-refractivity contribution in [1.29, 1.82) is 0 Å². The van der Waals surface area contributed by atoms with Crippen LogP contribution in [-0.4, -0.2) is 47.4 Å². The maximum Gasteiger partial charge on any atom is 0.229 e. The molecule has 2 aromatic rings. The predicted octanol–water partition coefficient (Wildman–Crippen LogP) is 2.14. The van der Waals surface area contributed by atoms with E-state index in [0.29, 0.717) is 13.0 Å². The van der Waals surface area contributed by atoms with Crippen molar-refractivity contribution in [2.75, 3.05) is 26.8 Å². The van der Waals surface area contributed by atoms with E-state index in [2.05, 4.69) is 18.1 Å². The van der Waals surface area contributed by atoms with Gasteiger partial charge in [-0.25, -0.2) is 0 Å². The van der Waals surface area contributed by atoms with E-state index >= 15 is 0 Å². The molecule has 0 saturated carbocycles. The number of methoxy groups -OCH3 is 1. The van der Waals surface area contributed by atoms with Crippen LogP contribution in [0.25, 0.3) is 0 Å². The maximum absolute atomic E-state index is 12.8. The molecule has 6 heteroatoms. The SMILES string of the molecule is COc1ccc2c(c1)CC(C(=O)N1CC(n3nc(C)cc3C)C1)CO2. The van der Waals surface area contributed by atoms with E-state index in [0.717, 1.165) is 41.5 Å². The Labute approximate surface area is 147 Å². The molecule has 0 radical (unpaired) electrons. The molecule has 4 rings (SSSR count). The van der Waals surface area contributed by atoms with Crippen LogP contribution in [0.1, 0.15) is 23.0 Å². The third-order valence-electron chi connectivity index (χ3n) is 5.09. The number of carbonyl (C=O) groups excluding carboxylic acids is 1. The molecule has 0 aliphatic carbocycles. The van der Waals surface area contributed by atoms with Crippen LogP contribution in [0.4, 0.5) is 0 Å². The van der Waals surface area contributed by atoms with E-state index in [1.165, 1.54) is 0 Å². The molecule has 1 saturated heterocycles. The van der Waals surface area contributed by atoms with Gasteiger partial charge in [0.25, 0.3) is 0 Å². The highest BCUT2D eigenvalue weighted by Crippen LogP contribution is 2.33. The molecule has 0 bridgehead atoms. The van der Waals surface area contributed by atoms with Crippen LogP contribution in [0, 0.1) is 19.8 Å². The van der Waals surface area contributed by atoms with Gasteiger partial charge >= 0.3 is 0 Å². The van der Waals surface area contributed by atoms with E-state index in [-0.39, 0.29) is 17.9 Å². The number of carbonyl (C=O) groups is 1. The highest BCUT2D eigenvalue weighted by Gasteiger charge is 2.38. The molecule has 1 atom stereocenters. The van der Waals surface area contributed by atoms with Crippen molar-refractivity contribution in [1.82, 2.24) is 14.7 Å². The molecule has 1 amide bonds. The number of nitrogens with zero attached hydrogens (tertiary/aromatic N) is 3. The van der Waals surface area contributed by atoms with Crippen LogP contribution < -0.4 is 9.47 Å². The molecule has 1 fully saturated rings. The number of aromatic nitrogens is 2. The topological polar surface area (TPSA) is 56.6 Å². The van der Waals surface area contributed by atoms with Crippen LogP contribution in [0.2, 0.25) is 0 Å². The summed E-state index contributed by atoms with van der Waals surface area (Å²) < 4.78 is 13.1. The van der Waals surface area contributed by atoms with Gasteiger partial charge in [-0.3, -0.25) is 9.48 Å². The minimum absolute atomic E-state index is 0.124. The lowest BCUT2D eigenvalue weighted by Gasteiger charge is -2.42. The van der Waals surface area contributed by atoms with Crippen molar-refractivity contribution in [2.24, 2.45) is 5.92 Å². The highest BCUT2D eigenvalue weighted by molar-refractivity contribution is 5.80. The van der Waals surface area contributed by atoms with Crippen molar-refractivity contribution in [3.63, 3.8) is 0 Å². The van der Waals surface area contributed by atoms with Crippen LogP contribution in [0.5, 0.6) is 11.5 Å². The third-order valence-corrected chi connectivity index (χ3v) is 5.09. The van der Waals surface area contributed by atoms with Gasteiger partial charge in [-0.05, 0) is 50.1 Å². The fraction of sp³-hybridized carbons (Fsp3) is 0.474. The lowest BCUT2D eigenvalue weighted by atomic mass is 9.93. The summed E-state index contributed by atoms with van der Waals surface area (Å²) in [6, 6.07) is 8.12. The Bertz CT molecular complexity index is 808. The molecule has 0 N–H and O–H groups in total. The molecule has 1 aromatic heterocycles. The average Bonchev–Trinajstić information content (AvgIpc) is 2.90. The molecule has 1 unspecified atom stereocenters. The zero-order chi connectivity index (χ0) is 17.6. The van der Waals surface area contributed by atoms with Gasteiger partial charge in [0.05, 0.1) is 24.8 Å². The molecular formula is C19H23N3O3. The fourth-order valence-corrected chi connectivity index (χ4v) is 3.72. The molecule has 3 heterocycles. The number of amides is 1. The number of aryl methyl sites for hydroxylation is 2. The largest absolute Gasteiger partial charge is 0.497 e. The van der Waals surface area contributed by atoms with Crippen molar-refractivity contribution >= 4 is 5.91 Å². The van der Waals surface area contributed by atoms with Crippen LogP contribution in [0.3, 0.4) is 0 Å². The van der Waals surface area contributed by atoms with Crippen molar-refractivity contribution in [3.05, 3.63) is 41.2 Å². The summed E-state index contributed by atoms with van der Waals surface area (Å²) in [6.07, 6.45) is 0.701. The second-order valence-electron chi connectivity index (χ2n) is 6.95. The maximum atomic E-state index is 12.8. The quantitative estimate of drug-likeness (QED) is 0.858. The van der Waals surface area contributed by atoms with Gasteiger partial charge in [0, 0.05) is 18.8 Å². The molecule has 25 heavy (non-hydrogen) atoms. The second kappa shape index (κ2) is 6.10. The van der Waals surface area contributed by atoms with E-state index < -0.39 is 0 Å². The molecular weight excluding hydrogens is 318 g/mol. The first kappa shape index (κ1) is 16.0. The van der Waals surface area contributed by atoms with E-state index in [9.17, 15) is 4.79 Å². The number of ether oxygens (including phenoxy) is 2. The second-order valence-corrected chi connectivity index (χ2v) is 6.95. The summed E-state index contributed by atoms with van der Waals surface area (Å²) in [7, 11) is 1.65.